The molecule has 0 saturated heterocycles. The van der Waals surface area contributed by atoms with E-state index in [4.69, 9.17) is 0 Å². The molecule has 0 spiro atoms. The van der Waals surface area contributed by atoms with Crippen LogP contribution in [-0.2, 0) is 11.2 Å². The van der Waals surface area contributed by atoms with E-state index in [1.54, 1.807) is 0 Å². The third-order valence-corrected chi connectivity index (χ3v) is 3.80. The Balaban J connectivity index is 2.51. The van der Waals surface area contributed by atoms with E-state index in [1.807, 2.05) is 30.3 Å². The van der Waals surface area contributed by atoms with Gasteiger partial charge in [-0.05, 0) is 37.9 Å². The first-order valence-electron chi connectivity index (χ1n) is 8.39. The minimum atomic E-state index is -0.783. The topological polar surface area (TPSA) is 52.6 Å². The van der Waals surface area contributed by atoms with Gasteiger partial charge in [0.1, 0.15) is 6.04 Å². The van der Waals surface area contributed by atoms with Gasteiger partial charge in [-0.1, -0.05) is 57.0 Å². The van der Waals surface area contributed by atoms with Crippen molar-refractivity contribution in [1.82, 2.24) is 10.2 Å². The van der Waals surface area contributed by atoms with Gasteiger partial charge in [0.25, 0.3) is 0 Å². The molecule has 4 nitrogen and oxygen atoms in total. The molecule has 0 saturated carbocycles. The fourth-order valence-electron chi connectivity index (χ4n) is 2.37. The molecule has 1 aromatic rings. The second-order valence-electron chi connectivity index (χ2n) is 5.77. The highest BCUT2D eigenvalue weighted by Crippen LogP contribution is 2.04. The van der Waals surface area contributed by atoms with Crippen molar-refractivity contribution >= 4 is 5.97 Å². The first kappa shape index (κ1) is 18.7. The first-order valence-corrected chi connectivity index (χ1v) is 8.39. The number of hydrogen-bond acceptors (Lipinski definition) is 3. The number of aliphatic carboxylic acids is 1. The summed E-state index contributed by atoms with van der Waals surface area (Å²) in [7, 11) is 0. The van der Waals surface area contributed by atoms with Gasteiger partial charge in [0.2, 0.25) is 0 Å². The summed E-state index contributed by atoms with van der Waals surface area (Å²) >= 11 is 0. The van der Waals surface area contributed by atoms with Crippen LogP contribution in [0.1, 0.15) is 45.1 Å². The minimum absolute atomic E-state index is 0.519. The fraction of sp³-hybridized carbons (Fsp3) is 0.611. The Hall–Kier alpha value is -1.39. The predicted molar refractivity (Wildman–Crippen MR) is 91.0 cm³/mol. The highest BCUT2D eigenvalue weighted by molar-refractivity contribution is 5.73. The van der Waals surface area contributed by atoms with Crippen LogP contribution in [0.3, 0.4) is 0 Å². The molecule has 2 N–H and O–H groups in total. The van der Waals surface area contributed by atoms with Crippen molar-refractivity contribution in [3.63, 3.8) is 0 Å². The van der Waals surface area contributed by atoms with E-state index in [0.29, 0.717) is 13.1 Å². The summed E-state index contributed by atoms with van der Waals surface area (Å²) in [4.78, 5) is 13.8. The monoisotopic (exact) mass is 306 g/mol. The van der Waals surface area contributed by atoms with Gasteiger partial charge in [0.15, 0.2) is 0 Å². The standard InChI is InChI=1S/C18H30N2O2/c1-3-5-12-20(13-6-4-2)15-19-17(18(21)22)14-16-10-8-7-9-11-16/h7-11,17,19H,3-6,12-15H2,1-2H3,(H,21,22)/t17-/m0/s1. The number of carboxylic acid groups (broad SMARTS) is 1. The number of carbonyl (C=O) groups is 1. The first-order chi connectivity index (χ1) is 10.7. The van der Waals surface area contributed by atoms with Gasteiger partial charge in [-0.2, -0.15) is 0 Å². The molecule has 0 radical (unpaired) electrons. The molecule has 4 heteroatoms. The maximum atomic E-state index is 11.5. The Morgan fingerprint density at radius 3 is 2.23 bits per heavy atom. The zero-order valence-electron chi connectivity index (χ0n) is 13.9. The SMILES string of the molecule is CCCCN(CCCC)CN[C@@H](Cc1ccccc1)C(=O)O. The van der Waals surface area contributed by atoms with E-state index in [1.165, 1.54) is 0 Å². The largest absolute Gasteiger partial charge is 0.480 e. The fourth-order valence-corrected chi connectivity index (χ4v) is 2.37. The zero-order valence-corrected chi connectivity index (χ0v) is 13.9. The smallest absolute Gasteiger partial charge is 0.321 e. The number of nitrogens with one attached hydrogen (secondary N) is 1. The minimum Gasteiger partial charge on any atom is -0.480 e. The van der Waals surface area contributed by atoms with Gasteiger partial charge < -0.3 is 5.11 Å². The van der Waals surface area contributed by atoms with Crippen molar-refractivity contribution in [3.8, 4) is 0 Å². The quantitative estimate of drug-likeness (QED) is 0.583. The van der Waals surface area contributed by atoms with Crippen molar-refractivity contribution in [2.75, 3.05) is 19.8 Å². The molecule has 1 rings (SSSR count). The van der Waals surface area contributed by atoms with Crippen LogP contribution < -0.4 is 5.32 Å². The van der Waals surface area contributed by atoms with Crippen molar-refractivity contribution in [2.24, 2.45) is 0 Å². The number of unbranched alkanes of at least 4 members (excludes halogenated alkanes) is 2. The molecule has 0 fully saturated rings. The van der Waals surface area contributed by atoms with Gasteiger partial charge in [0, 0.05) is 6.67 Å². The Kier molecular flexibility index (Phi) is 9.51. The summed E-state index contributed by atoms with van der Waals surface area (Å²) in [5.74, 6) is -0.783. The van der Waals surface area contributed by atoms with Crippen molar-refractivity contribution in [1.29, 1.82) is 0 Å². The Morgan fingerprint density at radius 1 is 1.14 bits per heavy atom. The predicted octanol–water partition coefficient (Wildman–Crippen LogP) is 3.13. The van der Waals surface area contributed by atoms with Gasteiger partial charge in [-0.25, -0.2) is 0 Å². The Morgan fingerprint density at radius 2 is 1.73 bits per heavy atom. The second kappa shape index (κ2) is 11.2. The van der Waals surface area contributed by atoms with E-state index in [9.17, 15) is 9.90 Å². The molecule has 0 bridgehead atoms. The summed E-state index contributed by atoms with van der Waals surface area (Å²) in [5, 5.41) is 12.6. The van der Waals surface area contributed by atoms with E-state index in [0.717, 1.165) is 44.3 Å². The van der Waals surface area contributed by atoms with Crippen LogP contribution in [0, 0.1) is 0 Å². The van der Waals surface area contributed by atoms with Crippen LogP contribution in [0.15, 0.2) is 30.3 Å². The molecule has 0 amide bonds. The van der Waals surface area contributed by atoms with Gasteiger partial charge in [-0.15, -0.1) is 0 Å². The molecule has 0 unspecified atom stereocenters. The summed E-state index contributed by atoms with van der Waals surface area (Å²) < 4.78 is 0. The summed E-state index contributed by atoms with van der Waals surface area (Å²) in [6.07, 6.45) is 5.15. The van der Waals surface area contributed by atoms with Crippen LogP contribution in [0.2, 0.25) is 0 Å². The number of carboxylic acids is 1. The molecule has 22 heavy (non-hydrogen) atoms. The van der Waals surface area contributed by atoms with Crippen LogP contribution in [0.25, 0.3) is 0 Å². The molecule has 0 aliphatic rings. The number of hydrogen-bond donors (Lipinski definition) is 2. The molecule has 0 aromatic heterocycles. The van der Waals surface area contributed by atoms with Gasteiger partial charge in [0.05, 0.1) is 0 Å². The lowest BCUT2D eigenvalue weighted by molar-refractivity contribution is -0.139. The maximum absolute atomic E-state index is 11.5. The van der Waals surface area contributed by atoms with Crippen LogP contribution in [-0.4, -0.2) is 41.8 Å². The van der Waals surface area contributed by atoms with Crippen LogP contribution in [0.4, 0.5) is 0 Å². The third kappa shape index (κ3) is 7.57. The highest BCUT2D eigenvalue weighted by Gasteiger charge is 2.18. The van der Waals surface area contributed by atoms with Crippen molar-refractivity contribution < 1.29 is 9.90 Å². The lowest BCUT2D eigenvalue weighted by Crippen LogP contribution is -2.45. The van der Waals surface area contributed by atoms with Gasteiger partial charge >= 0.3 is 5.97 Å². The Bertz CT molecular complexity index is 401. The normalized spacial score (nSPS) is 12.5. The number of rotatable bonds is 12. The van der Waals surface area contributed by atoms with Crippen molar-refractivity contribution in [2.45, 2.75) is 52.0 Å². The molecular formula is C18H30N2O2. The lowest BCUT2D eigenvalue weighted by Gasteiger charge is -2.25. The summed E-state index contributed by atoms with van der Waals surface area (Å²) in [6.45, 7) is 7.06. The summed E-state index contributed by atoms with van der Waals surface area (Å²) in [6, 6.07) is 9.26. The molecule has 0 aliphatic carbocycles. The zero-order chi connectivity index (χ0) is 16.2. The third-order valence-electron chi connectivity index (χ3n) is 3.80. The second-order valence-corrected chi connectivity index (χ2v) is 5.77. The van der Waals surface area contributed by atoms with Crippen molar-refractivity contribution in [3.05, 3.63) is 35.9 Å². The van der Waals surface area contributed by atoms with E-state index in [2.05, 4.69) is 24.1 Å². The average Bonchev–Trinajstić information content (AvgIpc) is 2.53. The average molecular weight is 306 g/mol. The van der Waals surface area contributed by atoms with E-state index < -0.39 is 12.0 Å². The number of benzene rings is 1. The number of nitrogens with zero attached hydrogens (tertiary/aromatic N) is 1. The van der Waals surface area contributed by atoms with E-state index in [-0.39, 0.29) is 0 Å². The molecular weight excluding hydrogens is 276 g/mol. The highest BCUT2D eigenvalue weighted by atomic mass is 16.4. The van der Waals surface area contributed by atoms with Crippen LogP contribution >= 0.6 is 0 Å². The maximum Gasteiger partial charge on any atom is 0.321 e. The Labute approximate surface area is 134 Å². The van der Waals surface area contributed by atoms with E-state index >= 15 is 0 Å². The van der Waals surface area contributed by atoms with Gasteiger partial charge in [-0.3, -0.25) is 15.0 Å². The van der Waals surface area contributed by atoms with Crippen LogP contribution in [0.5, 0.6) is 0 Å². The molecule has 0 aliphatic heterocycles. The molecule has 1 atom stereocenters. The molecule has 0 heterocycles. The molecule has 1 aromatic carbocycles. The lowest BCUT2D eigenvalue weighted by atomic mass is 10.1. The molecule has 124 valence electrons. The summed E-state index contributed by atoms with van der Waals surface area (Å²) in [5.41, 5.74) is 1.05.